The number of aryl methyl sites for hydroxylation is 1. The Morgan fingerprint density at radius 3 is 2.41 bits per heavy atom. The predicted octanol–water partition coefficient (Wildman–Crippen LogP) is 3.52. The largest absolute Gasteiger partial charge is 0.493 e. The van der Waals surface area contributed by atoms with E-state index in [4.69, 9.17) is 9.47 Å². The minimum absolute atomic E-state index is 0.0279. The van der Waals surface area contributed by atoms with Gasteiger partial charge in [-0.15, -0.1) is 0 Å². The highest BCUT2D eigenvalue weighted by Gasteiger charge is 2.31. The summed E-state index contributed by atoms with van der Waals surface area (Å²) in [4.78, 5) is 12.6. The molecule has 0 radical (unpaired) electrons. The molecule has 0 saturated carbocycles. The van der Waals surface area contributed by atoms with Gasteiger partial charge in [-0.05, 0) is 68.0 Å². The second kappa shape index (κ2) is 12.2. The Hall–Kier alpha value is -2.65. The Morgan fingerprint density at radius 1 is 1.09 bits per heavy atom. The van der Waals surface area contributed by atoms with Crippen LogP contribution in [0, 0.1) is 11.7 Å². The molecular formula is C25H33FN2O5S. The number of ether oxygens (including phenoxy) is 2. The van der Waals surface area contributed by atoms with Gasteiger partial charge in [0.25, 0.3) is 0 Å². The Balaban J connectivity index is 1.40. The lowest BCUT2D eigenvalue weighted by molar-refractivity contribution is -0.126. The summed E-state index contributed by atoms with van der Waals surface area (Å²) in [7, 11) is -1.89. The highest BCUT2D eigenvalue weighted by molar-refractivity contribution is 7.88. The van der Waals surface area contributed by atoms with Crippen LogP contribution >= 0.6 is 0 Å². The maximum atomic E-state index is 13.1. The molecule has 34 heavy (non-hydrogen) atoms. The molecule has 1 N–H and O–H groups in total. The third-order valence-electron chi connectivity index (χ3n) is 5.95. The molecule has 1 amide bonds. The number of hydrogen-bond acceptors (Lipinski definition) is 5. The second-order valence-electron chi connectivity index (χ2n) is 8.37. The molecular weight excluding hydrogens is 459 g/mol. The van der Waals surface area contributed by atoms with Gasteiger partial charge in [0.15, 0.2) is 11.5 Å². The summed E-state index contributed by atoms with van der Waals surface area (Å²) in [6, 6.07) is 11.3. The number of hydrogen-bond donors (Lipinski definition) is 1. The lowest BCUT2D eigenvalue weighted by Gasteiger charge is -2.30. The van der Waals surface area contributed by atoms with Crippen LogP contribution in [0.1, 0.15) is 37.3 Å². The fraction of sp³-hybridized carbons (Fsp3) is 0.480. The van der Waals surface area contributed by atoms with Gasteiger partial charge < -0.3 is 14.8 Å². The van der Waals surface area contributed by atoms with E-state index in [1.165, 1.54) is 28.6 Å². The maximum Gasteiger partial charge on any atom is 0.223 e. The van der Waals surface area contributed by atoms with Crippen LogP contribution in [0.4, 0.5) is 4.39 Å². The van der Waals surface area contributed by atoms with Crippen LogP contribution in [0.2, 0.25) is 0 Å². The molecule has 0 bridgehead atoms. The van der Waals surface area contributed by atoms with Crippen molar-refractivity contribution in [3.63, 3.8) is 0 Å². The highest BCUT2D eigenvalue weighted by atomic mass is 32.2. The Kier molecular flexibility index (Phi) is 9.29. The fourth-order valence-corrected chi connectivity index (χ4v) is 5.63. The standard InChI is InChI=1S/C25H33FN2O5S/c1-3-33-23-11-8-19(17-24(23)32-2)5-4-14-27-25(29)21-12-15-28(16-13-21)34(30,31)18-20-6-9-22(26)10-7-20/h6-11,17,21H,3-5,12-16,18H2,1-2H3,(H,27,29). The zero-order valence-electron chi connectivity index (χ0n) is 19.8. The molecule has 1 saturated heterocycles. The maximum absolute atomic E-state index is 13.1. The van der Waals surface area contributed by atoms with Crippen molar-refractivity contribution in [2.24, 2.45) is 5.92 Å². The van der Waals surface area contributed by atoms with Crippen molar-refractivity contribution in [3.8, 4) is 11.5 Å². The minimum atomic E-state index is -3.50. The summed E-state index contributed by atoms with van der Waals surface area (Å²) in [5.74, 6) is 0.632. The van der Waals surface area contributed by atoms with E-state index < -0.39 is 15.8 Å². The number of halogens is 1. The van der Waals surface area contributed by atoms with E-state index >= 15 is 0 Å². The molecule has 0 aliphatic carbocycles. The summed E-state index contributed by atoms with van der Waals surface area (Å²) in [5, 5.41) is 2.98. The van der Waals surface area contributed by atoms with Crippen LogP contribution in [-0.4, -0.2) is 52.0 Å². The van der Waals surface area contributed by atoms with Crippen LogP contribution in [0.5, 0.6) is 11.5 Å². The van der Waals surface area contributed by atoms with E-state index in [0.717, 1.165) is 18.4 Å². The number of rotatable bonds is 11. The molecule has 1 aliphatic heterocycles. The van der Waals surface area contributed by atoms with E-state index in [9.17, 15) is 17.6 Å². The number of benzene rings is 2. The van der Waals surface area contributed by atoms with Crippen molar-refractivity contribution in [1.82, 2.24) is 9.62 Å². The van der Waals surface area contributed by atoms with Crippen molar-refractivity contribution in [2.45, 2.75) is 38.4 Å². The van der Waals surface area contributed by atoms with Gasteiger partial charge in [0.05, 0.1) is 19.5 Å². The van der Waals surface area contributed by atoms with Crippen molar-refractivity contribution in [3.05, 3.63) is 59.4 Å². The molecule has 1 heterocycles. The summed E-state index contributed by atoms with van der Waals surface area (Å²) in [6.07, 6.45) is 2.56. The van der Waals surface area contributed by atoms with Crippen LogP contribution in [0.3, 0.4) is 0 Å². The highest BCUT2D eigenvalue weighted by Crippen LogP contribution is 2.28. The SMILES string of the molecule is CCOc1ccc(CCCNC(=O)C2CCN(S(=O)(=O)Cc3ccc(F)cc3)CC2)cc1OC. The number of amides is 1. The van der Waals surface area contributed by atoms with E-state index in [1.807, 2.05) is 25.1 Å². The van der Waals surface area contributed by atoms with Crippen molar-refractivity contribution in [2.75, 3.05) is 33.4 Å². The Morgan fingerprint density at radius 2 is 1.76 bits per heavy atom. The van der Waals surface area contributed by atoms with Gasteiger partial charge in [-0.3, -0.25) is 4.79 Å². The molecule has 3 rings (SSSR count). The van der Waals surface area contributed by atoms with Crippen LogP contribution < -0.4 is 14.8 Å². The molecule has 1 fully saturated rings. The van der Waals surface area contributed by atoms with Gasteiger partial charge >= 0.3 is 0 Å². The summed E-state index contributed by atoms with van der Waals surface area (Å²) in [6.45, 7) is 3.67. The first-order valence-electron chi connectivity index (χ1n) is 11.6. The third-order valence-corrected chi connectivity index (χ3v) is 7.80. The lowest BCUT2D eigenvalue weighted by Crippen LogP contribution is -2.43. The normalized spacial score (nSPS) is 15.1. The average molecular weight is 493 g/mol. The molecule has 2 aromatic carbocycles. The zero-order valence-corrected chi connectivity index (χ0v) is 20.6. The third kappa shape index (κ3) is 7.17. The predicted molar refractivity (Wildman–Crippen MR) is 129 cm³/mol. The van der Waals surface area contributed by atoms with Gasteiger partial charge in [0.2, 0.25) is 15.9 Å². The fourth-order valence-electron chi connectivity index (χ4n) is 4.07. The van der Waals surface area contributed by atoms with Crippen molar-refractivity contribution < 1.29 is 27.1 Å². The van der Waals surface area contributed by atoms with E-state index in [0.29, 0.717) is 56.1 Å². The minimum Gasteiger partial charge on any atom is -0.493 e. The number of nitrogens with zero attached hydrogens (tertiary/aromatic N) is 1. The van der Waals surface area contributed by atoms with Crippen molar-refractivity contribution >= 4 is 15.9 Å². The van der Waals surface area contributed by atoms with Gasteiger partial charge in [0.1, 0.15) is 5.82 Å². The quantitative estimate of drug-likeness (QED) is 0.485. The monoisotopic (exact) mass is 492 g/mol. The molecule has 2 aromatic rings. The van der Waals surface area contributed by atoms with Crippen LogP contribution in [0.15, 0.2) is 42.5 Å². The first-order chi connectivity index (χ1) is 16.3. The van der Waals surface area contributed by atoms with E-state index in [-0.39, 0.29) is 17.6 Å². The smallest absolute Gasteiger partial charge is 0.223 e. The molecule has 1 aliphatic rings. The first-order valence-corrected chi connectivity index (χ1v) is 13.2. The zero-order chi connectivity index (χ0) is 24.6. The van der Waals surface area contributed by atoms with E-state index in [1.54, 1.807) is 7.11 Å². The number of carbonyl (C=O) groups excluding carboxylic acids is 1. The average Bonchev–Trinajstić information content (AvgIpc) is 2.84. The number of sulfonamides is 1. The van der Waals surface area contributed by atoms with Gasteiger partial charge in [-0.2, -0.15) is 0 Å². The molecule has 9 heteroatoms. The van der Waals surface area contributed by atoms with Crippen LogP contribution in [-0.2, 0) is 27.0 Å². The number of piperidine rings is 1. The number of methoxy groups -OCH3 is 1. The molecule has 0 unspecified atom stereocenters. The molecule has 186 valence electrons. The van der Waals surface area contributed by atoms with E-state index in [2.05, 4.69) is 5.32 Å². The molecule has 0 aromatic heterocycles. The van der Waals surface area contributed by atoms with Gasteiger partial charge in [0, 0.05) is 25.6 Å². The summed E-state index contributed by atoms with van der Waals surface area (Å²) in [5.41, 5.74) is 1.65. The van der Waals surface area contributed by atoms with Crippen molar-refractivity contribution in [1.29, 1.82) is 0 Å². The molecule has 0 spiro atoms. The summed E-state index contributed by atoms with van der Waals surface area (Å²) >= 11 is 0. The number of carbonyl (C=O) groups is 1. The molecule has 0 atom stereocenters. The lowest BCUT2D eigenvalue weighted by atomic mass is 9.97. The second-order valence-corrected chi connectivity index (χ2v) is 10.3. The molecule has 7 nitrogen and oxygen atoms in total. The Labute approximate surface area is 201 Å². The summed E-state index contributed by atoms with van der Waals surface area (Å²) < 4.78 is 50.8. The van der Waals surface area contributed by atoms with Gasteiger partial charge in [-0.25, -0.2) is 17.1 Å². The Bertz CT molecular complexity index is 1050. The first kappa shape index (κ1) is 26.0. The van der Waals surface area contributed by atoms with Crippen LogP contribution in [0.25, 0.3) is 0 Å². The topological polar surface area (TPSA) is 84.9 Å². The number of nitrogens with one attached hydrogen (secondary N) is 1. The van der Waals surface area contributed by atoms with Gasteiger partial charge in [-0.1, -0.05) is 18.2 Å².